The number of rotatable bonds is 4. The zero-order valence-corrected chi connectivity index (χ0v) is 13.4. The summed E-state index contributed by atoms with van der Waals surface area (Å²) in [6, 6.07) is 7.38. The van der Waals surface area contributed by atoms with Gasteiger partial charge >= 0.3 is 0 Å². The van der Waals surface area contributed by atoms with Gasteiger partial charge in [-0.2, -0.15) is 0 Å². The summed E-state index contributed by atoms with van der Waals surface area (Å²) in [6.45, 7) is 5.16. The minimum absolute atomic E-state index is 0.0526. The molecule has 1 fully saturated rings. The van der Waals surface area contributed by atoms with Crippen LogP contribution in [0, 0.1) is 0 Å². The van der Waals surface area contributed by atoms with E-state index >= 15 is 0 Å². The molecule has 1 saturated heterocycles. The first-order valence-corrected chi connectivity index (χ1v) is 7.53. The summed E-state index contributed by atoms with van der Waals surface area (Å²) < 4.78 is 0. The van der Waals surface area contributed by atoms with Crippen LogP contribution < -0.4 is 10.6 Å². The molecule has 0 unspecified atom stereocenters. The summed E-state index contributed by atoms with van der Waals surface area (Å²) >= 11 is 0. The lowest BCUT2D eigenvalue weighted by molar-refractivity contribution is -0.118. The Morgan fingerprint density at radius 1 is 1.41 bits per heavy atom. The van der Waals surface area contributed by atoms with Crippen LogP contribution in [0.3, 0.4) is 0 Å². The second kappa shape index (κ2) is 7.38. The lowest BCUT2D eigenvalue weighted by Crippen LogP contribution is -2.51. The molecule has 0 aliphatic carbocycles. The van der Waals surface area contributed by atoms with Crippen LogP contribution in [0.4, 0.5) is 5.69 Å². The van der Waals surface area contributed by atoms with E-state index in [0.717, 1.165) is 19.6 Å². The Morgan fingerprint density at radius 2 is 2.18 bits per heavy atom. The topological polar surface area (TPSA) is 64.7 Å². The Labute approximate surface area is 131 Å². The van der Waals surface area contributed by atoms with Crippen molar-refractivity contribution in [1.82, 2.24) is 15.1 Å². The first kappa shape index (κ1) is 16.5. The Bertz CT molecular complexity index is 545. The molecule has 0 aromatic heterocycles. The van der Waals surface area contributed by atoms with Gasteiger partial charge in [0.05, 0.1) is 6.54 Å². The van der Waals surface area contributed by atoms with Gasteiger partial charge in [-0.3, -0.25) is 14.5 Å². The average Bonchev–Trinajstić information content (AvgIpc) is 2.49. The molecule has 0 saturated carbocycles. The molecule has 1 aliphatic heterocycles. The number of nitrogens with one attached hydrogen (secondary N) is 2. The molecule has 6 nitrogen and oxygen atoms in total. The van der Waals surface area contributed by atoms with Crippen molar-refractivity contribution < 1.29 is 9.59 Å². The summed E-state index contributed by atoms with van der Waals surface area (Å²) in [6.07, 6.45) is 0. The van der Waals surface area contributed by atoms with Gasteiger partial charge in [-0.15, -0.1) is 0 Å². The molecule has 2 N–H and O–H groups in total. The van der Waals surface area contributed by atoms with Gasteiger partial charge in [0.25, 0.3) is 5.91 Å². The Hall–Kier alpha value is -1.92. The number of hydrogen-bond donors (Lipinski definition) is 2. The van der Waals surface area contributed by atoms with Crippen LogP contribution in [0.15, 0.2) is 24.3 Å². The fraction of sp³-hybridized carbons (Fsp3) is 0.500. The van der Waals surface area contributed by atoms with Crippen molar-refractivity contribution in [3.05, 3.63) is 29.8 Å². The number of amides is 2. The number of benzene rings is 1. The third-order valence-electron chi connectivity index (χ3n) is 3.79. The maximum atomic E-state index is 12.2. The molecule has 1 heterocycles. The maximum Gasteiger partial charge on any atom is 0.253 e. The Balaban J connectivity index is 1.96. The number of anilines is 1. The SMILES string of the molecule is C[C@@H]1CNCCN1CC(=O)Nc1cccc(C(=O)N(C)C)c1. The lowest BCUT2D eigenvalue weighted by atomic mass is 10.1. The van der Waals surface area contributed by atoms with E-state index in [4.69, 9.17) is 0 Å². The molecular formula is C16H24N4O2. The predicted octanol–water partition coefficient (Wildman–Crippen LogP) is 0.621. The maximum absolute atomic E-state index is 12.2. The van der Waals surface area contributed by atoms with E-state index in [2.05, 4.69) is 22.5 Å². The standard InChI is InChI=1S/C16H24N4O2/c1-12-10-17-7-8-20(12)11-15(21)18-14-6-4-5-13(9-14)16(22)19(2)3/h4-6,9,12,17H,7-8,10-11H2,1-3H3,(H,18,21)/t12-/m1/s1. The number of carbonyl (C=O) groups excluding carboxylic acids is 2. The van der Waals surface area contributed by atoms with E-state index in [1.54, 1.807) is 38.4 Å². The van der Waals surface area contributed by atoms with Gasteiger partial charge in [-0.05, 0) is 25.1 Å². The van der Waals surface area contributed by atoms with E-state index in [-0.39, 0.29) is 11.8 Å². The van der Waals surface area contributed by atoms with Crippen LogP contribution in [-0.4, -0.2) is 67.9 Å². The van der Waals surface area contributed by atoms with E-state index in [0.29, 0.717) is 23.8 Å². The quantitative estimate of drug-likeness (QED) is 0.856. The van der Waals surface area contributed by atoms with Gasteiger partial charge in [0.1, 0.15) is 0 Å². The predicted molar refractivity (Wildman–Crippen MR) is 87.0 cm³/mol. The number of nitrogens with zero attached hydrogens (tertiary/aromatic N) is 2. The minimum Gasteiger partial charge on any atom is -0.345 e. The summed E-state index contributed by atoms with van der Waals surface area (Å²) in [4.78, 5) is 27.8. The first-order valence-electron chi connectivity index (χ1n) is 7.53. The van der Waals surface area contributed by atoms with Crippen molar-refractivity contribution in [2.24, 2.45) is 0 Å². The zero-order chi connectivity index (χ0) is 16.1. The summed E-state index contributed by atoms with van der Waals surface area (Å²) in [5, 5.41) is 6.17. The number of piperazine rings is 1. The second-order valence-electron chi connectivity index (χ2n) is 5.85. The fourth-order valence-corrected chi connectivity index (χ4v) is 2.49. The molecule has 120 valence electrons. The number of hydrogen-bond acceptors (Lipinski definition) is 4. The van der Waals surface area contributed by atoms with Crippen LogP contribution in [-0.2, 0) is 4.79 Å². The van der Waals surface area contributed by atoms with E-state index in [1.165, 1.54) is 4.90 Å². The van der Waals surface area contributed by atoms with Crippen molar-refractivity contribution in [3.63, 3.8) is 0 Å². The smallest absolute Gasteiger partial charge is 0.253 e. The van der Waals surface area contributed by atoms with Gasteiger partial charge in [0, 0.05) is 51.0 Å². The highest BCUT2D eigenvalue weighted by Crippen LogP contribution is 2.12. The molecular weight excluding hydrogens is 280 g/mol. The molecule has 22 heavy (non-hydrogen) atoms. The third kappa shape index (κ3) is 4.29. The lowest BCUT2D eigenvalue weighted by Gasteiger charge is -2.33. The molecule has 1 aromatic carbocycles. The molecule has 0 spiro atoms. The highest BCUT2D eigenvalue weighted by atomic mass is 16.2. The minimum atomic E-state index is -0.0770. The van der Waals surface area contributed by atoms with Gasteiger partial charge in [0.2, 0.25) is 5.91 Å². The fourth-order valence-electron chi connectivity index (χ4n) is 2.49. The van der Waals surface area contributed by atoms with Gasteiger partial charge in [-0.1, -0.05) is 6.07 Å². The summed E-state index contributed by atoms with van der Waals surface area (Å²) in [7, 11) is 3.42. The molecule has 2 amide bonds. The summed E-state index contributed by atoms with van der Waals surface area (Å²) in [5.41, 5.74) is 1.22. The molecule has 6 heteroatoms. The molecule has 2 rings (SSSR count). The van der Waals surface area contributed by atoms with Crippen LogP contribution in [0.5, 0.6) is 0 Å². The molecule has 0 bridgehead atoms. The van der Waals surface area contributed by atoms with Crippen molar-refractivity contribution in [2.75, 3.05) is 45.6 Å². The van der Waals surface area contributed by atoms with Crippen LogP contribution in [0.1, 0.15) is 17.3 Å². The van der Waals surface area contributed by atoms with E-state index < -0.39 is 0 Å². The molecule has 1 atom stereocenters. The largest absolute Gasteiger partial charge is 0.345 e. The van der Waals surface area contributed by atoms with Crippen molar-refractivity contribution in [1.29, 1.82) is 0 Å². The van der Waals surface area contributed by atoms with Gasteiger partial charge < -0.3 is 15.5 Å². The molecule has 1 aromatic rings. The first-order chi connectivity index (χ1) is 10.5. The highest BCUT2D eigenvalue weighted by Gasteiger charge is 2.20. The van der Waals surface area contributed by atoms with Crippen molar-refractivity contribution in [3.8, 4) is 0 Å². The van der Waals surface area contributed by atoms with Gasteiger partial charge in [-0.25, -0.2) is 0 Å². The monoisotopic (exact) mass is 304 g/mol. The second-order valence-corrected chi connectivity index (χ2v) is 5.85. The Morgan fingerprint density at radius 3 is 2.86 bits per heavy atom. The van der Waals surface area contributed by atoms with Gasteiger partial charge in [0.15, 0.2) is 0 Å². The van der Waals surface area contributed by atoms with E-state index in [9.17, 15) is 9.59 Å². The van der Waals surface area contributed by atoms with Crippen LogP contribution >= 0.6 is 0 Å². The normalized spacial score (nSPS) is 18.8. The third-order valence-corrected chi connectivity index (χ3v) is 3.79. The average molecular weight is 304 g/mol. The van der Waals surface area contributed by atoms with Crippen molar-refractivity contribution >= 4 is 17.5 Å². The summed E-state index contributed by atoms with van der Waals surface area (Å²) in [5.74, 6) is -0.130. The van der Waals surface area contributed by atoms with Crippen LogP contribution in [0.2, 0.25) is 0 Å². The van der Waals surface area contributed by atoms with Crippen LogP contribution in [0.25, 0.3) is 0 Å². The van der Waals surface area contributed by atoms with E-state index in [1.807, 2.05) is 0 Å². The highest BCUT2D eigenvalue weighted by molar-refractivity contribution is 5.97. The Kier molecular flexibility index (Phi) is 5.51. The number of carbonyl (C=O) groups is 2. The zero-order valence-electron chi connectivity index (χ0n) is 13.4. The molecule has 0 radical (unpaired) electrons. The molecule has 1 aliphatic rings. The van der Waals surface area contributed by atoms with Crippen molar-refractivity contribution in [2.45, 2.75) is 13.0 Å².